The van der Waals surface area contributed by atoms with E-state index in [1.165, 1.54) is 9.13 Å². The van der Waals surface area contributed by atoms with Gasteiger partial charge in [-0.1, -0.05) is 72.2 Å². The lowest BCUT2D eigenvalue weighted by Gasteiger charge is -2.20. The zero-order valence-corrected chi connectivity index (χ0v) is 32.7. The number of nitrogens with zero attached hydrogens (tertiary/aromatic N) is 6. The van der Waals surface area contributed by atoms with E-state index in [2.05, 4.69) is 23.7 Å². The summed E-state index contributed by atoms with van der Waals surface area (Å²) in [6.07, 6.45) is -1.12. The molecule has 5 aromatic carbocycles. The highest BCUT2D eigenvalue weighted by Gasteiger charge is 2.27. The SMILES string of the molecule is CC(C)(C)OC(=O)n1c2nc3ccccc3nc2c2cccc(C#Cc3ccc(C#Cc4cccc5c6nc7ccccc7nc6n(C(=O)OC(C)(C)C)c45)cc3)c21. The molecule has 0 atom stereocenters. The molecule has 0 bridgehead atoms. The molecule has 4 heterocycles. The lowest BCUT2D eigenvalue weighted by molar-refractivity contribution is 0.0539. The summed E-state index contributed by atoms with van der Waals surface area (Å²) in [5, 5.41) is 1.49. The van der Waals surface area contributed by atoms with Crippen molar-refractivity contribution in [2.75, 3.05) is 0 Å². The third kappa shape index (κ3) is 6.61. The van der Waals surface area contributed by atoms with Crippen LogP contribution in [0, 0.1) is 23.7 Å². The maximum atomic E-state index is 13.8. The Morgan fingerprint density at radius 1 is 0.466 bits per heavy atom. The molecule has 9 aromatic rings. The number of carbonyl (C=O) groups is 2. The Morgan fingerprint density at radius 3 is 1.19 bits per heavy atom. The second-order valence-corrected chi connectivity index (χ2v) is 15.9. The fourth-order valence-electron chi connectivity index (χ4n) is 6.91. The summed E-state index contributed by atoms with van der Waals surface area (Å²) in [5.41, 5.74) is 7.22. The smallest absolute Gasteiger partial charge is 0.420 e. The van der Waals surface area contributed by atoms with Gasteiger partial charge in [0, 0.05) is 33.0 Å². The Hall–Kier alpha value is -7.56. The first kappa shape index (κ1) is 36.1. The van der Waals surface area contributed by atoms with E-state index in [9.17, 15) is 9.59 Å². The van der Waals surface area contributed by atoms with Crippen LogP contribution in [0.25, 0.3) is 66.2 Å². The molecule has 10 nitrogen and oxygen atoms in total. The largest absolute Gasteiger partial charge is 0.443 e. The molecule has 0 aliphatic carbocycles. The number of fused-ring (bicyclic) bond motifs is 8. The minimum Gasteiger partial charge on any atom is -0.443 e. The van der Waals surface area contributed by atoms with Crippen molar-refractivity contribution < 1.29 is 19.1 Å². The van der Waals surface area contributed by atoms with Crippen LogP contribution in [0.2, 0.25) is 0 Å². The van der Waals surface area contributed by atoms with Crippen molar-refractivity contribution in [1.82, 2.24) is 29.1 Å². The lowest BCUT2D eigenvalue weighted by atomic mass is 10.1. The van der Waals surface area contributed by atoms with Gasteiger partial charge in [-0.15, -0.1) is 0 Å². The predicted molar refractivity (Wildman–Crippen MR) is 227 cm³/mol. The van der Waals surface area contributed by atoms with Crippen LogP contribution in [0.3, 0.4) is 0 Å². The molecule has 0 N–H and O–H groups in total. The molecule has 58 heavy (non-hydrogen) atoms. The molecule has 10 heteroatoms. The number of benzene rings is 5. The number of ether oxygens (including phenoxy) is 2. The highest BCUT2D eigenvalue weighted by Crippen LogP contribution is 2.33. The molecule has 4 aromatic heterocycles. The van der Waals surface area contributed by atoms with Gasteiger partial charge in [-0.2, -0.15) is 0 Å². The Morgan fingerprint density at radius 2 is 0.828 bits per heavy atom. The Labute approximate surface area is 333 Å². The Balaban J connectivity index is 1.10. The van der Waals surface area contributed by atoms with Crippen LogP contribution in [0.5, 0.6) is 0 Å². The van der Waals surface area contributed by atoms with Crippen LogP contribution in [0.1, 0.15) is 63.8 Å². The van der Waals surface area contributed by atoms with Crippen LogP contribution >= 0.6 is 0 Å². The number of rotatable bonds is 0. The fourth-order valence-corrected chi connectivity index (χ4v) is 6.91. The molecular weight excluding hydrogens is 725 g/mol. The number of aromatic nitrogens is 6. The van der Waals surface area contributed by atoms with E-state index < -0.39 is 23.4 Å². The van der Waals surface area contributed by atoms with Crippen molar-refractivity contribution in [3.05, 3.63) is 131 Å². The predicted octanol–water partition coefficient (Wildman–Crippen LogP) is 10.2. The highest BCUT2D eigenvalue weighted by molar-refractivity contribution is 6.14. The van der Waals surface area contributed by atoms with Gasteiger partial charge in [0.05, 0.1) is 33.1 Å². The summed E-state index contributed by atoms with van der Waals surface area (Å²) in [6, 6.07) is 34.1. The number of hydrogen-bond donors (Lipinski definition) is 0. The molecule has 0 aliphatic rings. The summed E-state index contributed by atoms with van der Waals surface area (Å²) in [6.45, 7) is 11.0. The fraction of sp³-hybridized carbons (Fsp3) is 0.167. The average molecular weight is 761 g/mol. The van der Waals surface area contributed by atoms with Crippen molar-refractivity contribution in [3.8, 4) is 23.7 Å². The van der Waals surface area contributed by atoms with Crippen LogP contribution in [0.15, 0.2) is 109 Å². The van der Waals surface area contributed by atoms with Gasteiger partial charge < -0.3 is 9.47 Å². The van der Waals surface area contributed by atoms with Crippen molar-refractivity contribution in [2.45, 2.75) is 52.7 Å². The average Bonchev–Trinajstić information content (AvgIpc) is 3.69. The number of para-hydroxylation sites is 6. The van der Waals surface area contributed by atoms with Gasteiger partial charge in [-0.05, 0) is 102 Å². The van der Waals surface area contributed by atoms with Crippen LogP contribution in [-0.4, -0.2) is 52.5 Å². The van der Waals surface area contributed by atoms with Gasteiger partial charge in [-0.25, -0.2) is 38.7 Å². The highest BCUT2D eigenvalue weighted by atomic mass is 16.6. The molecule has 0 saturated heterocycles. The topological polar surface area (TPSA) is 114 Å². The molecule has 0 fully saturated rings. The molecule has 0 radical (unpaired) electrons. The Kier molecular flexibility index (Phi) is 8.45. The molecular formula is C48H36N6O4. The zero-order chi connectivity index (χ0) is 40.3. The molecule has 0 aliphatic heterocycles. The zero-order valence-electron chi connectivity index (χ0n) is 32.7. The van der Waals surface area contributed by atoms with E-state index in [1.54, 1.807) is 0 Å². The normalized spacial score (nSPS) is 11.8. The monoisotopic (exact) mass is 760 g/mol. The third-order valence-corrected chi connectivity index (χ3v) is 9.28. The van der Waals surface area contributed by atoms with Gasteiger partial charge >= 0.3 is 12.2 Å². The second kappa shape index (κ2) is 13.6. The minimum atomic E-state index is -0.734. The first-order valence-corrected chi connectivity index (χ1v) is 18.8. The van der Waals surface area contributed by atoms with Crippen LogP contribution < -0.4 is 0 Å². The van der Waals surface area contributed by atoms with Gasteiger partial charge in [0.2, 0.25) is 0 Å². The quantitative estimate of drug-likeness (QED) is 0.140. The van der Waals surface area contributed by atoms with Gasteiger partial charge in [0.15, 0.2) is 11.3 Å². The van der Waals surface area contributed by atoms with Crippen LogP contribution in [-0.2, 0) is 9.47 Å². The maximum Gasteiger partial charge on any atom is 0.420 e. The van der Waals surface area contributed by atoms with E-state index >= 15 is 0 Å². The molecule has 0 saturated carbocycles. The van der Waals surface area contributed by atoms with Crippen LogP contribution in [0.4, 0.5) is 9.59 Å². The first-order valence-electron chi connectivity index (χ1n) is 18.8. The summed E-state index contributed by atoms with van der Waals surface area (Å²) in [4.78, 5) is 47.0. The number of hydrogen-bond acceptors (Lipinski definition) is 8. The van der Waals surface area contributed by atoms with E-state index in [-0.39, 0.29) is 0 Å². The minimum absolute atomic E-state index is 0.406. The Bertz CT molecular complexity index is 3080. The van der Waals surface area contributed by atoms with E-state index in [4.69, 9.17) is 29.4 Å². The van der Waals surface area contributed by atoms with E-state index in [0.717, 1.165) is 32.9 Å². The van der Waals surface area contributed by atoms with E-state index in [0.29, 0.717) is 55.5 Å². The lowest BCUT2D eigenvalue weighted by Crippen LogP contribution is -2.27. The summed E-state index contributed by atoms with van der Waals surface area (Å²) < 4.78 is 14.7. The van der Waals surface area contributed by atoms with Gasteiger partial charge in [0.1, 0.15) is 22.2 Å². The van der Waals surface area contributed by atoms with Crippen molar-refractivity contribution in [2.24, 2.45) is 0 Å². The first-order chi connectivity index (χ1) is 27.8. The molecule has 0 amide bonds. The van der Waals surface area contributed by atoms with Crippen molar-refractivity contribution >= 4 is 78.4 Å². The summed E-state index contributed by atoms with van der Waals surface area (Å²) in [7, 11) is 0. The van der Waals surface area contributed by atoms with Gasteiger partial charge in [-0.3, -0.25) is 0 Å². The standard InChI is InChI=1S/C48H36N6O4/c1-47(2,3)57-45(55)53-41-31(13-11-15-33(41)39-43(53)51-37-19-9-7-17-35(37)49-39)27-25-29-21-23-30(24-22-29)26-28-32-14-12-16-34-40-44(52-38-20-10-8-18-36(38)50-40)54(42(32)34)46(56)58-48(4,5)6/h7-24H,1-6H3. The molecule has 282 valence electrons. The second-order valence-electron chi connectivity index (χ2n) is 15.9. The van der Waals surface area contributed by atoms with Crippen molar-refractivity contribution in [1.29, 1.82) is 0 Å². The van der Waals surface area contributed by atoms with Gasteiger partial charge in [0.25, 0.3) is 0 Å². The molecule has 0 spiro atoms. The molecule has 9 rings (SSSR count). The van der Waals surface area contributed by atoms with Crippen molar-refractivity contribution in [3.63, 3.8) is 0 Å². The summed E-state index contributed by atoms with van der Waals surface area (Å²) in [5.74, 6) is 13.1. The summed E-state index contributed by atoms with van der Waals surface area (Å²) >= 11 is 0. The number of carbonyl (C=O) groups excluding carboxylic acids is 2. The maximum absolute atomic E-state index is 13.8. The van der Waals surface area contributed by atoms with E-state index in [1.807, 2.05) is 151 Å². The molecule has 0 unspecified atom stereocenters. The third-order valence-electron chi connectivity index (χ3n) is 9.28.